The molecule has 3 rings (SSSR count). The van der Waals surface area contributed by atoms with Gasteiger partial charge in [-0.1, -0.05) is 37.6 Å². The lowest BCUT2D eigenvalue weighted by atomic mass is 10.1. The molecule has 1 saturated heterocycles. The number of hydrogen-bond acceptors (Lipinski definition) is 3. The van der Waals surface area contributed by atoms with Gasteiger partial charge >= 0.3 is 6.03 Å². The zero-order valence-electron chi connectivity index (χ0n) is 17.0. The highest BCUT2D eigenvalue weighted by molar-refractivity contribution is 5.89. The van der Waals surface area contributed by atoms with E-state index < -0.39 is 0 Å². The van der Waals surface area contributed by atoms with E-state index in [0.29, 0.717) is 0 Å². The minimum Gasteiger partial charge on any atom is -0.497 e. The molecule has 0 aliphatic carbocycles. The molecule has 0 unspecified atom stereocenters. The smallest absolute Gasteiger partial charge is 0.321 e. The summed E-state index contributed by atoms with van der Waals surface area (Å²) in [6.45, 7) is 6.50. The highest BCUT2D eigenvalue weighted by atomic mass is 16.5. The van der Waals surface area contributed by atoms with Gasteiger partial charge in [0, 0.05) is 38.4 Å². The van der Waals surface area contributed by atoms with Crippen LogP contribution in [0.15, 0.2) is 48.5 Å². The van der Waals surface area contributed by atoms with Crippen molar-refractivity contribution in [2.75, 3.05) is 38.6 Å². The van der Waals surface area contributed by atoms with Crippen LogP contribution >= 0.6 is 0 Å². The molecule has 28 heavy (non-hydrogen) atoms. The third-order valence-electron chi connectivity index (χ3n) is 5.18. The number of hydrogen-bond donors (Lipinski definition) is 1. The number of nitrogens with one attached hydrogen (secondary N) is 1. The minimum atomic E-state index is -0.00506. The summed E-state index contributed by atoms with van der Waals surface area (Å²) < 4.78 is 5.22. The fraction of sp³-hybridized carbons (Fsp3) is 0.435. The lowest BCUT2D eigenvalue weighted by Crippen LogP contribution is -2.38. The van der Waals surface area contributed by atoms with Crippen LogP contribution in [-0.2, 0) is 13.0 Å². The van der Waals surface area contributed by atoms with Gasteiger partial charge in [-0.25, -0.2) is 4.79 Å². The van der Waals surface area contributed by atoms with Crippen molar-refractivity contribution < 1.29 is 9.53 Å². The predicted octanol–water partition coefficient (Wildman–Crippen LogP) is 4.39. The molecule has 0 radical (unpaired) electrons. The lowest BCUT2D eigenvalue weighted by Gasteiger charge is -2.22. The third-order valence-corrected chi connectivity index (χ3v) is 5.18. The van der Waals surface area contributed by atoms with E-state index in [0.717, 1.165) is 63.4 Å². The van der Waals surface area contributed by atoms with E-state index in [1.165, 1.54) is 11.1 Å². The van der Waals surface area contributed by atoms with Gasteiger partial charge in [0.05, 0.1) is 7.11 Å². The summed E-state index contributed by atoms with van der Waals surface area (Å²) in [4.78, 5) is 17.0. The first-order valence-electron chi connectivity index (χ1n) is 10.2. The summed E-state index contributed by atoms with van der Waals surface area (Å²) in [5, 5.41) is 3.04. The molecule has 0 aromatic heterocycles. The Kier molecular flexibility index (Phi) is 7.31. The molecule has 1 fully saturated rings. The quantitative estimate of drug-likeness (QED) is 0.807. The molecule has 1 aliphatic rings. The summed E-state index contributed by atoms with van der Waals surface area (Å²) in [6, 6.07) is 16.4. The lowest BCUT2D eigenvalue weighted by molar-refractivity contribution is 0.211. The van der Waals surface area contributed by atoms with E-state index >= 15 is 0 Å². The van der Waals surface area contributed by atoms with Gasteiger partial charge in [0.2, 0.25) is 0 Å². The molecule has 2 aromatic carbocycles. The fourth-order valence-corrected chi connectivity index (χ4v) is 3.57. The largest absolute Gasteiger partial charge is 0.497 e. The zero-order valence-corrected chi connectivity index (χ0v) is 17.0. The van der Waals surface area contributed by atoms with Crippen LogP contribution in [0.25, 0.3) is 0 Å². The molecule has 1 aliphatic heterocycles. The van der Waals surface area contributed by atoms with Crippen molar-refractivity contribution in [3.05, 3.63) is 59.7 Å². The van der Waals surface area contributed by atoms with Gasteiger partial charge in [0.15, 0.2) is 0 Å². The van der Waals surface area contributed by atoms with Crippen molar-refractivity contribution in [3.8, 4) is 5.75 Å². The summed E-state index contributed by atoms with van der Waals surface area (Å²) in [5.41, 5.74) is 3.44. The first-order chi connectivity index (χ1) is 13.7. The van der Waals surface area contributed by atoms with Gasteiger partial charge in [0.25, 0.3) is 0 Å². The molecular weight excluding hydrogens is 350 g/mol. The maximum atomic E-state index is 12.6. The Balaban J connectivity index is 1.50. The van der Waals surface area contributed by atoms with Crippen molar-refractivity contribution in [1.29, 1.82) is 0 Å². The highest BCUT2D eigenvalue weighted by Gasteiger charge is 2.19. The topological polar surface area (TPSA) is 44.8 Å². The van der Waals surface area contributed by atoms with Gasteiger partial charge in [-0.2, -0.15) is 0 Å². The number of urea groups is 1. The Morgan fingerprint density at radius 2 is 1.68 bits per heavy atom. The maximum Gasteiger partial charge on any atom is 0.321 e. The molecule has 0 saturated carbocycles. The Labute approximate surface area is 168 Å². The second-order valence-corrected chi connectivity index (χ2v) is 7.34. The van der Waals surface area contributed by atoms with Gasteiger partial charge in [-0.15, -0.1) is 0 Å². The second-order valence-electron chi connectivity index (χ2n) is 7.34. The number of anilines is 1. The van der Waals surface area contributed by atoms with E-state index in [9.17, 15) is 4.79 Å². The van der Waals surface area contributed by atoms with Crippen molar-refractivity contribution >= 4 is 11.7 Å². The fourth-order valence-electron chi connectivity index (χ4n) is 3.57. The average molecular weight is 382 g/mol. The number of benzene rings is 2. The molecule has 1 heterocycles. The molecule has 5 nitrogen and oxygen atoms in total. The third kappa shape index (κ3) is 5.73. The molecule has 0 atom stereocenters. The maximum absolute atomic E-state index is 12.6. The Hall–Kier alpha value is -2.53. The Morgan fingerprint density at radius 3 is 2.36 bits per heavy atom. The number of rotatable bonds is 6. The number of ether oxygens (including phenoxy) is 1. The first-order valence-corrected chi connectivity index (χ1v) is 10.2. The van der Waals surface area contributed by atoms with Crippen LogP contribution in [0.1, 0.15) is 30.9 Å². The predicted molar refractivity (Wildman–Crippen MR) is 114 cm³/mol. The van der Waals surface area contributed by atoms with Crippen LogP contribution in [0.5, 0.6) is 5.75 Å². The normalized spacial score (nSPS) is 15.1. The van der Waals surface area contributed by atoms with E-state index in [1.807, 2.05) is 29.2 Å². The van der Waals surface area contributed by atoms with Gasteiger partial charge < -0.3 is 15.0 Å². The Morgan fingerprint density at radius 1 is 0.964 bits per heavy atom. The standard InChI is InChI=1S/C23H31N3O2/c1-3-5-19-6-10-21(11-7-19)24-23(27)26-15-4-14-25(16-17-26)18-20-8-12-22(28-2)13-9-20/h6-13H,3-5,14-18H2,1-2H3,(H,24,27). The van der Waals surface area contributed by atoms with Crippen molar-refractivity contribution in [2.24, 2.45) is 0 Å². The molecule has 1 N–H and O–H groups in total. The van der Waals surface area contributed by atoms with Crippen LogP contribution in [-0.4, -0.2) is 49.1 Å². The molecule has 2 aromatic rings. The second kappa shape index (κ2) is 10.1. The highest BCUT2D eigenvalue weighted by Crippen LogP contribution is 2.15. The molecular formula is C23H31N3O2. The number of amides is 2. The molecule has 2 amide bonds. The van der Waals surface area contributed by atoms with E-state index in [2.05, 4.69) is 41.4 Å². The van der Waals surface area contributed by atoms with Crippen LogP contribution in [0, 0.1) is 0 Å². The minimum absolute atomic E-state index is 0.00506. The van der Waals surface area contributed by atoms with E-state index in [1.54, 1.807) is 7.11 Å². The summed E-state index contributed by atoms with van der Waals surface area (Å²) in [7, 11) is 1.68. The van der Waals surface area contributed by atoms with E-state index in [-0.39, 0.29) is 6.03 Å². The van der Waals surface area contributed by atoms with Crippen LogP contribution in [0.2, 0.25) is 0 Å². The first kappa shape index (κ1) is 20.2. The van der Waals surface area contributed by atoms with Gasteiger partial charge in [-0.3, -0.25) is 4.90 Å². The van der Waals surface area contributed by atoms with Gasteiger partial charge in [0.1, 0.15) is 5.75 Å². The zero-order chi connectivity index (χ0) is 19.8. The number of carbonyl (C=O) groups excluding carboxylic acids is 1. The summed E-state index contributed by atoms with van der Waals surface area (Å²) in [5.74, 6) is 0.880. The molecule has 150 valence electrons. The van der Waals surface area contributed by atoms with Crippen LogP contribution in [0.3, 0.4) is 0 Å². The van der Waals surface area contributed by atoms with Crippen LogP contribution < -0.4 is 10.1 Å². The molecule has 0 spiro atoms. The van der Waals surface area contributed by atoms with Crippen molar-refractivity contribution in [3.63, 3.8) is 0 Å². The summed E-state index contributed by atoms with van der Waals surface area (Å²) in [6.07, 6.45) is 3.19. The monoisotopic (exact) mass is 381 g/mol. The van der Waals surface area contributed by atoms with Crippen molar-refractivity contribution in [1.82, 2.24) is 9.80 Å². The van der Waals surface area contributed by atoms with Crippen LogP contribution in [0.4, 0.5) is 10.5 Å². The molecule has 0 bridgehead atoms. The SMILES string of the molecule is CCCc1ccc(NC(=O)N2CCCN(Cc3ccc(OC)cc3)CC2)cc1. The van der Waals surface area contributed by atoms with Crippen molar-refractivity contribution in [2.45, 2.75) is 32.7 Å². The number of aryl methyl sites for hydroxylation is 1. The number of nitrogens with zero attached hydrogens (tertiary/aromatic N) is 2. The average Bonchev–Trinajstić information content (AvgIpc) is 2.96. The summed E-state index contributed by atoms with van der Waals surface area (Å²) >= 11 is 0. The van der Waals surface area contributed by atoms with Gasteiger partial charge in [-0.05, 0) is 48.2 Å². The molecule has 5 heteroatoms. The Bertz CT molecular complexity index is 743. The van der Waals surface area contributed by atoms with E-state index in [4.69, 9.17) is 4.74 Å². The number of methoxy groups -OCH3 is 1. The number of carbonyl (C=O) groups is 1.